The number of imidazole rings is 1. The van der Waals surface area contributed by atoms with Gasteiger partial charge in [-0.15, -0.1) is 0 Å². The molecule has 0 saturated heterocycles. The normalized spacial score (nSPS) is 10.2. The molecule has 24 heavy (non-hydrogen) atoms. The third-order valence-electron chi connectivity index (χ3n) is 3.27. The van der Waals surface area contributed by atoms with E-state index < -0.39 is 0 Å². The minimum atomic E-state index is -0.303. The van der Waals surface area contributed by atoms with Crippen molar-refractivity contribution in [2.24, 2.45) is 16.5 Å². The molecule has 0 bridgehead atoms. The number of guanidine groups is 1. The topological polar surface area (TPSA) is 151 Å². The zero-order valence-corrected chi connectivity index (χ0v) is 14.1. The minimum absolute atomic E-state index is 0.0667. The summed E-state index contributed by atoms with van der Waals surface area (Å²) in [6, 6.07) is 0. The van der Waals surface area contributed by atoms with E-state index in [4.69, 9.17) is 11.5 Å². The Hall–Kier alpha value is -2.58. The van der Waals surface area contributed by atoms with Gasteiger partial charge in [-0.2, -0.15) is 0 Å². The van der Waals surface area contributed by atoms with Gasteiger partial charge in [0, 0.05) is 19.6 Å². The number of unbranched alkanes of at least 4 members (excludes halogenated alkanes) is 3. The van der Waals surface area contributed by atoms with E-state index in [2.05, 4.69) is 32.5 Å². The number of rotatable bonds is 11. The third kappa shape index (κ3) is 7.61. The number of aliphatic imine (C=N–C) groups is 1. The highest BCUT2D eigenvalue weighted by atomic mass is 16.2. The van der Waals surface area contributed by atoms with E-state index in [1.165, 1.54) is 6.20 Å². The van der Waals surface area contributed by atoms with Crippen molar-refractivity contribution in [1.29, 1.82) is 0 Å². The Bertz CT molecular complexity index is 550. The summed E-state index contributed by atoms with van der Waals surface area (Å²) in [5.41, 5.74) is 10.7. The van der Waals surface area contributed by atoms with Gasteiger partial charge in [-0.25, -0.2) is 4.98 Å². The summed E-state index contributed by atoms with van der Waals surface area (Å²) in [6.07, 6.45) is 5.96. The molecule has 0 radical (unpaired) electrons. The zero-order valence-electron chi connectivity index (χ0n) is 14.1. The van der Waals surface area contributed by atoms with Crippen LogP contribution in [0.1, 0.15) is 60.1 Å². The lowest BCUT2D eigenvalue weighted by molar-refractivity contribution is 0.0943. The number of nitrogens with two attached hydrogens (primary N) is 2. The van der Waals surface area contributed by atoms with Crippen molar-refractivity contribution >= 4 is 17.8 Å². The molecular formula is C15H27N7O2. The van der Waals surface area contributed by atoms with Gasteiger partial charge < -0.3 is 27.1 Å². The molecule has 0 atom stereocenters. The highest BCUT2D eigenvalue weighted by Gasteiger charge is 2.13. The molecule has 7 N–H and O–H groups in total. The molecule has 0 aliphatic carbocycles. The summed E-state index contributed by atoms with van der Waals surface area (Å²) in [5.74, 6) is -0.391. The average molecular weight is 337 g/mol. The monoisotopic (exact) mass is 337 g/mol. The second-order valence-electron chi connectivity index (χ2n) is 5.38. The van der Waals surface area contributed by atoms with Crippen molar-refractivity contribution in [3.05, 3.63) is 17.7 Å². The third-order valence-corrected chi connectivity index (χ3v) is 3.27. The number of nitrogens with one attached hydrogen (secondary N) is 3. The Labute approximate surface area is 141 Å². The van der Waals surface area contributed by atoms with Gasteiger partial charge in [0.1, 0.15) is 5.69 Å². The standard InChI is InChI=1S/C15H27N7O2/c1-2-3-4-7-19-14(24)12-21-10-11(22-12)13(23)18-8-5-6-9-20-15(16)17/h10H,2-9H2,1H3,(H,18,23)(H,19,24)(H,21,22)(H4,16,17,20). The molecule has 0 saturated carbocycles. The van der Waals surface area contributed by atoms with Crippen molar-refractivity contribution in [1.82, 2.24) is 20.6 Å². The van der Waals surface area contributed by atoms with Gasteiger partial charge in [-0.1, -0.05) is 19.8 Å². The Morgan fingerprint density at radius 3 is 2.46 bits per heavy atom. The van der Waals surface area contributed by atoms with E-state index in [1.807, 2.05) is 0 Å². The van der Waals surface area contributed by atoms with Crippen LogP contribution in [0.25, 0.3) is 0 Å². The van der Waals surface area contributed by atoms with Gasteiger partial charge >= 0.3 is 0 Å². The molecule has 1 aromatic heterocycles. The molecule has 0 aliphatic heterocycles. The number of aromatic nitrogens is 2. The summed E-state index contributed by atoms with van der Waals surface area (Å²) >= 11 is 0. The molecule has 0 unspecified atom stereocenters. The van der Waals surface area contributed by atoms with Crippen molar-refractivity contribution in [2.75, 3.05) is 19.6 Å². The molecule has 0 aliphatic rings. The van der Waals surface area contributed by atoms with Crippen LogP contribution in [-0.2, 0) is 0 Å². The Morgan fingerprint density at radius 2 is 1.79 bits per heavy atom. The van der Waals surface area contributed by atoms with E-state index in [0.29, 0.717) is 19.6 Å². The number of nitrogens with zero attached hydrogens (tertiary/aromatic N) is 2. The van der Waals surface area contributed by atoms with Crippen LogP contribution >= 0.6 is 0 Å². The molecule has 0 aromatic carbocycles. The van der Waals surface area contributed by atoms with Crippen LogP contribution in [0.5, 0.6) is 0 Å². The van der Waals surface area contributed by atoms with E-state index in [9.17, 15) is 9.59 Å². The Kier molecular flexibility index (Phi) is 8.95. The van der Waals surface area contributed by atoms with Crippen molar-refractivity contribution in [3.63, 3.8) is 0 Å². The van der Waals surface area contributed by atoms with E-state index in [-0.39, 0.29) is 29.3 Å². The number of hydrogen-bond donors (Lipinski definition) is 5. The van der Waals surface area contributed by atoms with Gasteiger partial charge in [-0.05, 0) is 19.3 Å². The molecule has 0 fully saturated rings. The molecule has 1 aromatic rings. The second kappa shape index (κ2) is 11.0. The van der Waals surface area contributed by atoms with Gasteiger partial charge in [-0.3, -0.25) is 14.6 Å². The van der Waals surface area contributed by atoms with E-state index in [1.54, 1.807) is 0 Å². The Morgan fingerprint density at radius 1 is 1.12 bits per heavy atom. The molecule has 1 heterocycles. The summed E-state index contributed by atoms with van der Waals surface area (Å²) in [5, 5.41) is 5.51. The van der Waals surface area contributed by atoms with Gasteiger partial charge in [0.15, 0.2) is 11.8 Å². The molecule has 9 heteroatoms. The summed E-state index contributed by atoms with van der Waals surface area (Å²) in [6.45, 7) is 3.73. The number of carbonyl (C=O) groups is 2. The van der Waals surface area contributed by atoms with Crippen LogP contribution in [0.2, 0.25) is 0 Å². The maximum atomic E-state index is 11.9. The zero-order chi connectivity index (χ0) is 17.8. The first kappa shape index (κ1) is 19.5. The van der Waals surface area contributed by atoms with Crippen molar-refractivity contribution < 1.29 is 9.59 Å². The largest absolute Gasteiger partial charge is 0.370 e. The fourth-order valence-electron chi connectivity index (χ4n) is 1.95. The van der Waals surface area contributed by atoms with Crippen molar-refractivity contribution in [2.45, 2.75) is 39.0 Å². The predicted molar refractivity (Wildman–Crippen MR) is 92.7 cm³/mol. The highest BCUT2D eigenvalue weighted by Crippen LogP contribution is 1.99. The fourth-order valence-corrected chi connectivity index (χ4v) is 1.95. The first-order chi connectivity index (χ1) is 11.5. The number of hydrogen-bond acceptors (Lipinski definition) is 4. The van der Waals surface area contributed by atoms with Gasteiger partial charge in [0.25, 0.3) is 11.8 Å². The maximum Gasteiger partial charge on any atom is 0.287 e. The van der Waals surface area contributed by atoms with Gasteiger partial charge in [0.05, 0.1) is 6.20 Å². The molecule has 0 spiro atoms. The van der Waals surface area contributed by atoms with E-state index in [0.717, 1.165) is 32.1 Å². The van der Waals surface area contributed by atoms with Crippen molar-refractivity contribution in [3.8, 4) is 0 Å². The first-order valence-electron chi connectivity index (χ1n) is 8.21. The average Bonchev–Trinajstić information content (AvgIpc) is 3.04. The fraction of sp³-hybridized carbons (Fsp3) is 0.600. The lowest BCUT2D eigenvalue weighted by atomic mass is 10.2. The smallest absolute Gasteiger partial charge is 0.287 e. The van der Waals surface area contributed by atoms with Crippen LogP contribution < -0.4 is 22.1 Å². The SMILES string of the molecule is CCCCCNC(=O)c1ncc(C(=O)NCCCCN=C(N)N)[nH]1. The maximum absolute atomic E-state index is 11.9. The number of H-pyrrole nitrogens is 1. The van der Waals surface area contributed by atoms with Crippen LogP contribution in [-0.4, -0.2) is 47.4 Å². The van der Waals surface area contributed by atoms with Crippen LogP contribution in [0, 0.1) is 0 Å². The molecule has 134 valence electrons. The molecule has 2 amide bonds. The summed E-state index contributed by atoms with van der Waals surface area (Å²) in [4.78, 5) is 34.3. The van der Waals surface area contributed by atoms with Crippen LogP contribution in [0.3, 0.4) is 0 Å². The molecular weight excluding hydrogens is 310 g/mol. The summed E-state index contributed by atoms with van der Waals surface area (Å²) in [7, 11) is 0. The Balaban J connectivity index is 2.30. The van der Waals surface area contributed by atoms with Crippen LogP contribution in [0.4, 0.5) is 0 Å². The first-order valence-corrected chi connectivity index (χ1v) is 8.21. The second-order valence-corrected chi connectivity index (χ2v) is 5.38. The lowest BCUT2D eigenvalue weighted by Gasteiger charge is -2.03. The summed E-state index contributed by atoms with van der Waals surface area (Å²) < 4.78 is 0. The molecule has 1 rings (SSSR count). The highest BCUT2D eigenvalue weighted by molar-refractivity contribution is 5.95. The minimum Gasteiger partial charge on any atom is -0.370 e. The number of carbonyl (C=O) groups excluding carboxylic acids is 2. The number of aromatic amines is 1. The molecule has 9 nitrogen and oxygen atoms in total. The van der Waals surface area contributed by atoms with E-state index >= 15 is 0 Å². The number of amides is 2. The quantitative estimate of drug-likeness (QED) is 0.220. The lowest BCUT2D eigenvalue weighted by Crippen LogP contribution is -2.27. The predicted octanol–water partition coefficient (Wildman–Crippen LogP) is 0.113. The van der Waals surface area contributed by atoms with Gasteiger partial charge in [0.2, 0.25) is 0 Å². The van der Waals surface area contributed by atoms with Crippen LogP contribution in [0.15, 0.2) is 11.2 Å².